The summed E-state index contributed by atoms with van der Waals surface area (Å²) in [5.41, 5.74) is 0. The van der Waals surface area contributed by atoms with E-state index in [0.29, 0.717) is 15.9 Å². The Morgan fingerprint density at radius 1 is 1.13 bits per heavy atom. The monoisotopic (exact) mass is 244 g/mol. The Kier molecular flexibility index (Phi) is 2.47. The van der Waals surface area contributed by atoms with Gasteiger partial charge in [-0.2, -0.15) is 0 Å². The highest BCUT2D eigenvalue weighted by atomic mass is 32.2. The smallest absolute Gasteiger partial charge is 0.306 e. The minimum Gasteiger partial charge on any atom is -0.481 e. The first-order valence-electron chi connectivity index (χ1n) is 5.73. The second-order valence-corrected chi connectivity index (χ2v) is 7.90. The van der Waals surface area contributed by atoms with E-state index in [1.54, 1.807) is 0 Å². The molecule has 0 aromatic rings. The summed E-state index contributed by atoms with van der Waals surface area (Å²) in [6.07, 6.45) is 4.42. The lowest BCUT2D eigenvalue weighted by Crippen LogP contribution is -2.39. The average Bonchev–Trinajstić information content (AvgIpc) is 2.72. The molecule has 2 unspecified atom stereocenters. The summed E-state index contributed by atoms with van der Waals surface area (Å²) in [4.78, 5) is 11.1. The summed E-state index contributed by atoms with van der Waals surface area (Å²) in [5.74, 6) is 3.29. The molecule has 0 amide bonds. The molecule has 1 aliphatic heterocycles. The molecule has 2 aliphatic carbocycles. The molecule has 3 fully saturated rings. The van der Waals surface area contributed by atoms with Gasteiger partial charge >= 0.3 is 5.97 Å². The molecule has 0 aromatic carbocycles. The van der Waals surface area contributed by atoms with Crippen LogP contribution in [0, 0.1) is 17.8 Å². The summed E-state index contributed by atoms with van der Waals surface area (Å²) in [5, 5.41) is 9.12. The van der Waals surface area contributed by atoms with Crippen LogP contribution in [0.25, 0.3) is 0 Å². The zero-order valence-corrected chi connectivity index (χ0v) is 10.3. The lowest BCUT2D eigenvalue weighted by molar-refractivity contribution is -0.143. The number of carboxylic acids is 1. The van der Waals surface area contributed by atoms with Crippen LogP contribution in [0.5, 0.6) is 0 Å². The van der Waals surface area contributed by atoms with Gasteiger partial charge in [-0.15, -0.1) is 23.5 Å². The molecule has 1 saturated heterocycles. The molecule has 2 atom stereocenters. The molecule has 1 spiro atoms. The van der Waals surface area contributed by atoms with Crippen LogP contribution in [-0.4, -0.2) is 26.7 Å². The third kappa shape index (κ3) is 1.44. The van der Waals surface area contributed by atoms with Crippen LogP contribution in [0.4, 0.5) is 0 Å². The van der Waals surface area contributed by atoms with Gasteiger partial charge in [0.05, 0.1) is 10.00 Å². The van der Waals surface area contributed by atoms with Crippen molar-refractivity contribution in [2.75, 3.05) is 11.5 Å². The van der Waals surface area contributed by atoms with E-state index in [4.69, 9.17) is 5.11 Å². The van der Waals surface area contributed by atoms with Crippen molar-refractivity contribution in [1.82, 2.24) is 0 Å². The number of hydrogen-bond donors (Lipinski definition) is 1. The predicted molar refractivity (Wildman–Crippen MR) is 64.2 cm³/mol. The Hall–Kier alpha value is 0.170. The minimum atomic E-state index is -0.560. The highest BCUT2D eigenvalue weighted by Gasteiger charge is 2.57. The maximum atomic E-state index is 11.1. The van der Waals surface area contributed by atoms with Crippen molar-refractivity contribution in [2.24, 2.45) is 17.8 Å². The molecular weight excluding hydrogens is 228 g/mol. The highest BCUT2D eigenvalue weighted by Crippen LogP contribution is 2.65. The van der Waals surface area contributed by atoms with Crippen molar-refractivity contribution in [2.45, 2.75) is 29.8 Å². The van der Waals surface area contributed by atoms with Gasteiger partial charge in [-0.3, -0.25) is 4.79 Å². The summed E-state index contributed by atoms with van der Waals surface area (Å²) in [6, 6.07) is 0. The van der Waals surface area contributed by atoms with Gasteiger partial charge in [0.2, 0.25) is 0 Å². The lowest BCUT2D eigenvalue weighted by atomic mass is 9.80. The van der Waals surface area contributed by atoms with Crippen molar-refractivity contribution in [1.29, 1.82) is 0 Å². The number of rotatable bonds is 1. The van der Waals surface area contributed by atoms with Crippen molar-refractivity contribution < 1.29 is 9.90 Å². The van der Waals surface area contributed by atoms with Gasteiger partial charge < -0.3 is 5.11 Å². The van der Waals surface area contributed by atoms with Crippen molar-refractivity contribution in [3.05, 3.63) is 0 Å². The number of thioether (sulfide) groups is 2. The van der Waals surface area contributed by atoms with Crippen LogP contribution < -0.4 is 0 Å². The number of carbonyl (C=O) groups is 1. The van der Waals surface area contributed by atoms with Crippen LogP contribution in [-0.2, 0) is 4.79 Å². The van der Waals surface area contributed by atoms with E-state index in [0.717, 1.165) is 12.8 Å². The van der Waals surface area contributed by atoms with Crippen LogP contribution >= 0.6 is 23.5 Å². The van der Waals surface area contributed by atoms with Crippen LogP contribution in [0.3, 0.4) is 0 Å². The normalized spacial score (nSPS) is 42.3. The molecule has 0 aromatic heterocycles. The number of hydrogen-bond acceptors (Lipinski definition) is 3. The Balaban J connectivity index is 1.84. The molecule has 2 saturated carbocycles. The van der Waals surface area contributed by atoms with Gasteiger partial charge in [-0.05, 0) is 37.5 Å². The van der Waals surface area contributed by atoms with E-state index >= 15 is 0 Å². The van der Waals surface area contributed by atoms with Crippen molar-refractivity contribution >= 4 is 29.5 Å². The Morgan fingerprint density at radius 3 is 2.13 bits per heavy atom. The fourth-order valence-electron chi connectivity index (χ4n) is 3.60. The molecule has 15 heavy (non-hydrogen) atoms. The standard InChI is InChI=1S/C11H16O2S2/c12-10(13)7-5-8-1-2-9(6-7)11(8)14-3-4-15-11/h7-9H,1-6H2,(H,12,13). The van der Waals surface area contributed by atoms with E-state index in [9.17, 15) is 4.79 Å². The van der Waals surface area contributed by atoms with Gasteiger partial charge in [-0.25, -0.2) is 0 Å². The van der Waals surface area contributed by atoms with E-state index in [-0.39, 0.29) is 5.92 Å². The zero-order chi connectivity index (χ0) is 10.5. The quantitative estimate of drug-likeness (QED) is 0.769. The van der Waals surface area contributed by atoms with Crippen LogP contribution in [0.2, 0.25) is 0 Å². The largest absolute Gasteiger partial charge is 0.481 e. The molecule has 1 heterocycles. The van der Waals surface area contributed by atoms with Gasteiger partial charge in [-0.1, -0.05) is 0 Å². The third-order valence-electron chi connectivity index (χ3n) is 4.23. The number of aliphatic carboxylic acids is 1. The fraction of sp³-hybridized carbons (Fsp3) is 0.909. The van der Waals surface area contributed by atoms with Crippen LogP contribution in [0.1, 0.15) is 25.7 Å². The molecule has 4 heteroatoms. The third-order valence-corrected chi connectivity index (χ3v) is 8.25. The SMILES string of the molecule is O=C(O)C1CC2CCC(C1)C21SCCS1. The molecule has 3 rings (SSSR count). The van der Waals surface area contributed by atoms with Gasteiger partial charge in [0.15, 0.2) is 0 Å². The van der Waals surface area contributed by atoms with Gasteiger partial charge in [0.1, 0.15) is 0 Å². The van der Waals surface area contributed by atoms with Crippen molar-refractivity contribution in [3.8, 4) is 0 Å². The lowest BCUT2D eigenvalue weighted by Gasteiger charge is -2.41. The van der Waals surface area contributed by atoms with E-state index in [2.05, 4.69) is 23.5 Å². The van der Waals surface area contributed by atoms with Gasteiger partial charge in [0.25, 0.3) is 0 Å². The van der Waals surface area contributed by atoms with Gasteiger partial charge in [0, 0.05) is 11.5 Å². The molecular formula is C11H16O2S2. The Labute approximate surface area is 98.6 Å². The number of carboxylic acid groups (broad SMARTS) is 1. The fourth-order valence-corrected chi connectivity index (χ4v) is 7.54. The summed E-state index contributed by atoms with van der Waals surface area (Å²) in [7, 11) is 0. The molecule has 3 aliphatic rings. The van der Waals surface area contributed by atoms with E-state index < -0.39 is 5.97 Å². The Morgan fingerprint density at radius 2 is 1.67 bits per heavy atom. The van der Waals surface area contributed by atoms with E-state index in [1.807, 2.05) is 0 Å². The Bertz CT molecular complexity index is 270. The zero-order valence-electron chi connectivity index (χ0n) is 8.65. The second kappa shape index (κ2) is 3.59. The summed E-state index contributed by atoms with van der Waals surface area (Å²) >= 11 is 4.26. The molecule has 1 N–H and O–H groups in total. The van der Waals surface area contributed by atoms with Crippen molar-refractivity contribution in [3.63, 3.8) is 0 Å². The summed E-state index contributed by atoms with van der Waals surface area (Å²) in [6.45, 7) is 0. The van der Waals surface area contributed by atoms with E-state index in [1.165, 1.54) is 24.3 Å². The average molecular weight is 244 g/mol. The first-order chi connectivity index (χ1) is 7.22. The first kappa shape index (κ1) is 10.3. The topological polar surface area (TPSA) is 37.3 Å². The first-order valence-corrected chi connectivity index (χ1v) is 7.70. The maximum absolute atomic E-state index is 11.1. The van der Waals surface area contributed by atoms with Crippen LogP contribution in [0.15, 0.2) is 0 Å². The highest BCUT2D eigenvalue weighted by molar-refractivity contribution is 8.21. The second-order valence-electron chi connectivity index (χ2n) is 4.90. The molecule has 0 radical (unpaired) electrons. The molecule has 84 valence electrons. The molecule has 2 nitrogen and oxygen atoms in total. The molecule has 2 bridgehead atoms. The summed E-state index contributed by atoms with van der Waals surface area (Å²) < 4.78 is 0.436. The predicted octanol–water partition coefficient (Wildman–Crippen LogP) is 2.68. The maximum Gasteiger partial charge on any atom is 0.306 e. The minimum absolute atomic E-state index is 0.0464.